The van der Waals surface area contributed by atoms with E-state index in [1.807, 2.05) is 19.9 Å². The molecule has 5 heteroatoms. The summed E-state index contributed by atoms with van der Waals surface area (Å²) in [4.78, 5) is 15.5. The molecular formula is C11H13N3O2. The average molecular weight is 219 g/mol. The first-order chi connectivity index (χ1) is 7.54. The van der Waals surface area contributed by atoms with Gasteiger partial charge in [0.05, 0.1) is 0 Å². The fourth-order valence-corrected chi connectivity index (χ4v) is 1.67. The molecule has 0 fully saturated rings. The Morgan fingerprint density at radius 2 is 2.19 bits per heavy atom. The summed E-state index contributed by atoms with van der Waals surface area (Å²) in [6.07, 6.45) is 0.693. The van der Waals surface area contributed by atoms with Crippen molar-refractivity contribution in [1.82, 2.24) is 14.6 Å². The van der Waals surface area contributed by atoms with Gasteiger partial charge in [0.1, 0.15) is 0 Å². The number of aryl methyl sites for hydroxylation is 2. The summed E-state index contributed by atoms with van der Waals surface area (Å²) in [6, 6.07) is 1.86. The monoisotopic (exact) mass is 219 g/mol. The summed E-state index contributed by atoms with van der Waals surface area (Å²) in [7, 11) is 0. The number of nitrogens with zero attached hydrogens (tertiary/aromatic N) is 3. The lowest BCUT2D eigenvalue weighted by atomic mass is 10.1. The van der Waals surface area contributed by atoms with E-state index in [1.165, 1.54) is 4.52 Å². The Balaban J connectivity index is 2.86. The van der Waals surface area contributed by atoms with E-state index in [0.717, 1.165) is 11.1 Å². The van der Waals surface area contributed by atoms with Crippen molar-refractivity contribution in [3.63, 3.8) is 0 Å². The molecule has 0 spiro atoms. The van der Waals surface area contributed by atoms with Gasteiger partial charge < -0.3 is 5.11 Å². The van der Waals surface area contributed by atoms with Crippen LogP contribution in [0.25, 0.3) is 5.65 Å². The van der Waals surface area contributed by atoms with Crippen molar-refractivity contribution in [2.45, 2.75) is 27.2 Å². The molecule has 84 valence electrons. The highest BCUT2D eigenvalue weighted by Crippen LogP contribution is 2.16. The molecule has 2 rings (SSSR count). The van der Waals surface area contributed by atoms with Crippen LogP contribution in [0.15, 0.2) is 6.07 Å². The summed E-state index contributed by atoms with van der Waals surface area (Å²) in [5.41, 5.74) is 2.44. The van der Waals surface area contributed by atoms with Crippen LogP contribution in [0, 0.1) is 13.8 Å². The molecule has 0 saturated heterocycles. The zero-order valence-electron chi connectivity index (χ0n) is 9.48. The van der Waals surface area contributed by atoms with Crippen LogP contribution in [-0.2, 0) is 6.42 Å². The Morgan fingerprint density at radius 1 is 1.50 bits per heavy atom. The number of carbonyl (C=O) groups is 1. The molecule has 0 atom stereocenters. The normalized spacial score (nSPS) is 10.9. The highest BCUT2D eigenvalue weighted by Gasteiger charge is 2.16. The van der Waals surface area contributed by atoms with Gasteiger partial charge >= 0.3 is 5.97 Å². The summed E-state index contributed by atoms with van der Waals surface area (Å²) >= 11 is 0. The van der Waals surface area contributed by atoms with Crippen molar-refractivity contribution in [3.05, 3.63) is 28.7 Å². The van der Waals surface area contributed by atoms with Crippen molar-refractivity contribution < 1.29 is 9.90 Å². The van der Waals surface area contributed by atoms with Crippen LogP contribution in [0.2, 0.25) is 0 Å². The minimum atomic E-state index is -0.973. The maximum atomic E-state index is 11.2. The zero-order chi connectivity index (χ0) is 11.9. The summed E-state index contributed by atoms with van der Waals surface area (Å²) in [6.45, 7) is 5.60. The van der Waals surface area contributed by atoms with Gasteiger partial charge in [0, 0.05) is 6.42 Å². The Hall–Kier alpha value is -1.91. The maximum absolute atomic E-state index is 11.2. The van der Waals surface area contributed by atoms with Crippen molar-refractivity contribution in [2.24, 2.45) is 0 Å². The number of rotatable bonds is 2. The molecule has 0 aliphatic carbocycles. The van der Waals surface area contributed by atoms with E-state index in [4.69, 9.17) is 0 Å². The molecule has 16 heavy (non-hydrogen) atoms. The van der Waals surface area contributed by atoms with Crippen LogP contribution in [-0.4, -0.2) is 25.7 Å². The summed E-state index contributed by atoms with van der Waals surface area (Å²) in [5, 5.41) is 13.4. The second kappa shape index (κ2) is 3.59. The second-order valence-corrected chi connectivity index (χ2v) is 3.76. The van der Waals surface area contributed by atoms with Crippen LogP contribution < -0.4 is 0 Å². The van der Waals surface area contributed by atoms with Crippen molar-refractivity contribution in [1.29, 1.82) is 0 Å². The van der Waals surface area contributed by atoms with E-state index in [-0.39, 0.29) is 5.69 Å². The van der Waals surface area contributed by atoms with Crippen LogP contribution in [0.5, 0.6) is 0 Å². The smallest absolute Gasteiger partial charge is 0.354 e. The zero-order valence-corrected chi connectivity index (χ0v) is 9.48. The lowest BCUT2D eigenvalue weighted by Crippen LogP contribution is -2.10. The fraction of sp³-hybridized carbons (Fsp3) is 0.364. The van der Waals surface area contributed by atoms with E-state index in [0.29, 0.717) is 17.9 Å². The lowest BCUT2D eigenvalue weighted by molar-refractivity contribution is 0.0686. The maximum Gasteiger partial charge on any atom is 0.354 e. The molecule has 0 aliphatic heterocycles. The van der Waals surface area contributed by atoms with Gasteiger partial charge in [-0.05, 0) is 31.0 Å². The van der Waals surface area contributed by atoms with Gasteiger partial charge in [-0.1, -0.05) is 6.92 Å². The SMILES string of the molecule is CCc1nc2cc(C)c(C)c(C(=O)O)n2n1. The molecule has 5 nitrogen and oxygen atoms in total. The van der Waals surface area contributed by atoms with Gasteiger partial charge in [-0.3, -0.25) is 0 Å². The molecule has 2 heterocycles. The van der Waals surface area contributed by atoms with Gasteiger partial charge in [-0.25, -0.2) is 14.3 Å². The quantitative estimate of drug-likeness (QED) is 0.833. The number of carboxylic acids is 1. The van der Waals surface area contributed by atoms with Crippen molar-refractivity contribution in [3.8, 4) is 0 Å². The molecule has 2 aromatic heterocycles. The molecule has 0 saturated carbocycles. The number of hydrogen-bond donors (Lipinski definition) is 1. The highest BCUT2D eigenvalue weighted by molar-refractivity contribution is 5.88. The van der Waals surface area contributed by atoms with Crippen LogP contribution in [0.4, 0.5) is 0 Å². The summed E-state index contributed by atoms with van der Waals surface area (Å²) < 4.78 is 1.41. The van der Waals surface area contributed by atoms with E-state index in [1.54, 1.807) is 6.92 Å². The van der Waals surface area contributed by atoms with Crippen molar-refractivity contribution >= 4 is 11.6 Å². The minimum absolute atomic E-state index is 0.196. The van der Waals surface area contributed by atoms with E-state index in [2.05, 4.69) is 10.1 Å². The second-order valence-electron chi connectivity index (χ2n) is 3.76. The Kier molecular flexibility index (Phi) is 2.38. The third-order valence-corrected chi connectivity index (χ3v) is 2.70. The fourth-order valence-electron chi connectivity index (χ4n) is 1.67. The largest absolute Gasteiger partial charge is 0.477 e. The minimum Gasteiger partial charge on any atom is -0.477 e. The van der Waals surface area contributed by atoms with E-state index < -0.39 is 5.97 Å². The van der Waals surface area contributed by atoms with Gasteiger partial charge in [0.15, 0.2) is 17.2 Å². The predicted molar refractivity (Wildman–Crippen MR) is 58.8 cm³/mol. The number of hydrogen-bond acceptors (Lipinski definition) is 3. The van der Waals surface area contributed by atoms with Gasteiger partial charge in [-0.2, -0.15) is 5.10 Å². The van der Waals surface area contributed by atoms with E-state index in [9.17, 15) is 9.90 Å². The molecule has 0 aliphatic rings. The lowest BCUT2D eigenvalue weighted by Gasteiger charge is -2.06. The molecule has 0 unspecified atom stereocenters. The first-order valence-electron chi connectivity index (χ1n) is 5.13. The Labute approximate surface area is 92.7 Å². The van der Waals surface area contributed by atoms with Crippen LogP contribution in [0.3, 0.4) is 0 Å². The van der Waals surface area contributed by atoms with Crippen LogP contribution >= 0.6 is 0 Å². The number of aromatic carboxylic acids is 1. The highest BCUT2D eigenvalue weighted by atomic mass is 16.4. The van der Waals surface area contributed by atoms with Gasteiger partial charge in [-0.15, -0.1) is 0 Å². The third kappa shape index (κ3) is 1.44. The number of aromatic nitrogens is 3. The van der Waals surface area contributed by atoms with Crippen molar-refractivity contribution in [2.75, 3.05) is 0 Å². The number of carboxylic acid groups (broad SMARTS) is 1. The standard InChI is InChI=1S/C11H13N3O2/c1-4-8-12-9-5-6(2)7(3)10(11(15)16)14(9)13-8/h5H,4H2,1-3H3,(H,15,16). The summed E-state index contributed by atoms with van der Waals surface area (Å²) in [5.74, 6) is -0.314. The third-order valence-electron chi connectivity index (χ3n) is 2.70. The molecule has 0 bridgehead atoms. The Bertz CT molecular complexity index is 572. The molecule has 1 N–H and O–H groups in total. The molecule has 0 radical (unpaired) electrons. The van der Waals surface area contributed by atoms with Crippen LogP contribution in [0.1, 0.15) is 34.4 Å². The predicted octanol–water partition coefficient (Wildman–Crippen LogP) is 1.61. The molecule has 2 aromatic rings. The Morgan fingerprint density at radius 3 is 2.75 bits per heavy atom. The van der Waals surface area contributed by atoms with E-state index >= 15 is 0 Å². The van der Waals surface area contributed by atoms with Gasteiger partial charge in [0.2, 0.25) is 0 Å². The first kappa shape index (κ1) is 10.6. The van der Waals surface area contributed by atoms with Gasteiger partial charge in [0.25, 0.3) is 0 Å². The number of fused-ring (bicyclic) bond motifs is 1. The molecule has 0 aromatic carbocycles. The molecular weight excluding hydrogens is 206 g/mol. The number of pyridine rings is 1. The first-order valence-corrected chi connectivity index (χ1v) is 5.13. The average Bonchev–Trinajstić information content (AvgIpc) is 2.61. The topological polar surface area (TPSA) is 67.5 Å². The molecule has 0 amide bonds.